The van der Waals surface area contributed by atoms with Crippen molar-refractivity contribution in [1.29, 1.82) is 0 Å². The number of nitrogens with zero attached hydrogens (tertiary/aromatic N) is 3. The number of carbonyl (C=O) groups excluding carboxylic acids is 1. The van der Waals surface area contributed by atoms with Gasteiger partial charge in [0.2, 0.25) is 0 Å². The zero-order valence-electron chi connectivity index (χ0n) is 22.6. The van der Waals surface area contributed by atoms with Gasteiger partial charge in [-0.3, -0.25) is 4.79 Å². The van der Waals surface area contributed by atoms with Crippen molar-refractivity contribution in [2.24, 2.45) is 5.10 Å². The number of ether oxygens (including phenoxy) is 2. The molecule has 0 bridgehead atoms. The third kappa shape index (κ3) is 5.47. The summed E-state index contributed by atoms with van der Waals surface area (Å²) in [6, 6.07) is 25.6. The third-order valence-electron chi connectivity index (χ3n) is 7.17. The lowest BCUT2D eigenvalue weighted by atomic mass is 9.99. The largest absolute Gasteiger partial charge is 0.493 e. The number of hydrogen-bond donors (Lipinski definition) is 0. The summed E-state index contributed by atoms with van der Waals surface area (Å²) in [6.45, 7) is 0.646. The van der Waals surface area contributed by atoms with E-state index >= 15 is 0 Å². The molecular weight excluding hydrogens is 574 g/mol. The summed E-state index contributed by atoms with van der Waals surface area (Å²) in [5.41, 5.74) is 3.91. The van der Waals surface area contributed by atoms with Crippen LogP contribution in [0, 0.1) is 0 Å². The molecule has 1 unspecified atom stereocenters. The van der Waals surface area contributed by atoms with E-state index in [4.69, 9.17) is 26.2 Å². The second-order valence-corrected chi connectivity index (χ2v) is 12.0. The van der Waals surface area contributed by atoms with Crippen molar-refractivity contribution in [3.8, 4) is 11.5 Å². The molecule has 0 spiro atoms. The van der Waals surface area contributed by atoms with E-state index in [9.17, 15) is 4.79 Å². The van der Waals surface area contributed by atoms with Crippen molar-refractivity contribution in [1.82, 2.24) is 9.58 Å². The van der Waals surface area contributed by atoms with E-state index in [0.29, 0.717) is 24.5 Å². The SMILES string of the molecule is COc1cccc(C2CC(c3cccs3)=NN2C(=O)CSc2cn(Cc3ccccc3Cl)c3ccccc23)c1OC. The number of hydrazone groups is 1. The van der Waals surface area contributed by atoms with Crippen molar-refractivity contribution in [3.63, 3.8) is 0 Å². The van der Waals surface area contributed by atoms with Crippen LogP contribution in [0.4, 0.5) is 0 Å². The van der Waals surface area contributed by atoms with Crippen LogP contribution in [0.1, 0.15) is 28.5 Å². The fourth-order valence-corrected chi connectivity index (χ4v) is 7.08. The van der Waals surface area contributed by atoms with Gasteiger partial charge >= 0.3 is 0 Å². The zero-order chi connectivity index (χ0) is 28.3. The molecule has 0 saturated carbocycles. The predicted molar refractivity (Wildman–Crippen MR) is 168 cm³/mol. The number of amides is 1. The number of rotatable bonds is 9. The molecule has 208 valence electrons. The summed E-state index contributed by atoms with van der Waals surface area (Å²) in [5.74, 6) is 1.42. The van der Waals surface area contributed by atoms with E-state index in [-0.39, 0.29) is 17.7 Å². The monoisotopic (exact) mass is 601 g/mol. The van der Waals surface area contributed by atoms with Crippen molar-refractivity contribution in [2.45, 2.75) is 23.9 Å². The molecule has 0 fully saturated rings. The van der Waals surface area contributed by atoms with Gasteiger partial charge in [-0.2, -0.15) is 5.10 Å². The fraction of sp³-hybridized carbons (Fsp3) is 0.188. The van der Waals surface area contributed by atoms with E-state index in [2.05, 4.69) is 22.9 Å². The molecule has 0 aliphatic carbocycles. The summed E-state index contributed by atoms with van der Waals surface area (Å²) in [7, 11) is 3.24. The standard InChI is InChI=1S/C32H28ClN3O3S2/c1-38-28-14-7-11-23(32(28)39-2)27-17-25(29-15-8-16-40-29)34-36(27)31(37)20-41-30-19-35(26-13-6-4-10-22(26)30)18-21-9-3-5-12-24(21)33/h3-16,19,27H,17-18,20H2,1-2H3. The van der Waals surface area contributed by atoms with Gasteiger partial charge in [0.15, 0.2) is 11.5 Å². The molecule has 0 radical (unpaired) electrons. The minimum absolute atomic E-state index is 0.0700. The lowest BCUT2D eigenvalue weighted by Crippen LogP contribution is -2.28. The van der Waals surface area contributed by atoms with Crippen molar-refractivity contribution in [2.75, 3.05) is 20.0 Å². The quantitative estimate of drug-likeness (QED) is 0.161. The van der Waals surface area contributed by atoms with Crippen LogP contribution in [0.2, 0.25) is 5.02 Å². The van der Waals surface area contributed by atoms with E-state index in [1.165, 1.54) is 11.8 Å². The van der Waals surface area contributed by atoms with Gasteiger partial charge in [0, 0.05) is 45.5 Å². The average molecular weight is 602 g/mol. The molecule has 1 amide bonds. The van der Waals surface area contributed by atoms with Crippen LogP contribution < -0.4 is 9.47 Å². The molecule has 9 heteroatoms. The van der Waals surface area contributed by atoms with Crippen LogP contribution in [0.3, 0.4) is 0 Å². The number of aromatic nitrogens is 1. The molecule has 5 aromatic rings. The maximum atomic E-state index is 13.9. The molecule has 2 aromatic heterocycles. The van der Waals surface area contributed by atoms with Crippen LogP contribution >= 0.6 is 34.7 Å². The van der Waals surface area contributed by atoms with Crippen LogP contribution in [0.15, 0.2) is 100 Å². The normalized spacial score (nSPS) is 14.9. The number of benzene rings is 3. The highest BCUT2D eigenvalue weighted by Crippen LogP contribution is 2.42. The van der Waals surface area contributed by atoms with Gasteiger partial charge in [0.05, 0.1) is 36.6 Å². The highest BCUT2D eigenvalue weighted by atomic mass is 35.5. The van der Waals surface area contributed by atoms with Crippen molar-refractivity contribution >= 4 is 57.2 Å². The molecule has 6 nitrogen and oxygen atoms in total. The first-order valence-electron chi connectivity index (χ1n) is 13.2. The van der Waals surface area contributed by atoms with Crippen LogP contribution in [-0.4, -0.2) is 41.2 Å². The number of methoxy groups -OCH3 is 2. The Morgan fingerprint density at radius 1 is 1.02 bits per heavy atom. The molecule has 41 heavy (non-hydrogen) atoms. The highest BCUT2D eigenvalue weighted by Gasteiger charge is 2.36. The maximum Gasteiger partial charge on any atom is 0.253 e. The molecule has 0 saturated heterocycles. The van der Waals surface area contributed by atoms with Gasteiger partial charge < -0.3 is 14.0 Å². The Labute approximate surface area is 252 Å². The lowest BCUT2D eigenvalue weighted by Gasteiger charge is -2.24. The Morgan fingerprint density at radius 2 is 1.85 bits per heavy atom. The van der Waals surface area contributed by atoms with Crippen LogP contribution in [-0.2, 0) is 11.3 Å². The topological polar surface area (TPSA) is 56.1 Å². The van der Waals surface area contributed by atoms with Crippen LogP contribution in [0.25, 0.3) is 10.9 Å². The third-order valence-corrected chi connectivity index (χ3v) is 9.48. The van der Waals surface area contributed by atoms with Gasteiger partial charge in [-0.05, 0) is 35.2 Å². The van der Waals surface area contributed by atoms with Gasteiger partial charge in [0.25, 0.3) is 5.91 Å². The molecular formula is C32H28ClN3O3S2. The van der Waals surface area contributed by atoms with Gasteiger partial charge in [-0.25, -0.2) is 5.01 Å². The summed E-state index contributed by atoms with van der Waals surface area (Å²) in [6.07, 6.45) is 2.70. The summed E-state index contributed by atoms with van der Waals surface area (Å²) < 4.78 is 13.5. The Bertz CT molecular complexity index is 1730. The molecule has 3 heterocycles. The highest BCUT2D eigenvalue weighted by molar-refractivity contribution is 8.00. The number of thioether (sulfide) groups is 1. The van der Waals surface area contributed by atoms with Gasteiger partial charge in [-0.15, -0.1) is 23.1 Å². The lowest BCUT2D eigenvalue weighted by molar-refractivity contribution is -0.130. The number of carbonyl (C=O) groups is 1. The summed E-state index contributed by atoms with van der Waals surface area (Å²) in [4.78, 5) is 16.0. The number of fused-ring (bicyclic) bond motifs is 1. The Hall–Kier alpha value is -3.72. The Kier molecular flexibility index (Phi) is 8.05. The average Bonchev–Trinajstić information content (AvgIpc) is 3.76. The molecule has 3 aromatic carbocycles. The van der Waals surface area contributed by atoms with Gasteiger partial charge in [-0.1, -0.05) is 66.2 Å². The Balaban J connectivity index is 1.29. The van der Waals surface area contributed by atoms with E-state index in [0.717, 1.165) is 42.5 Å². The summed E-state index contributed by atoms with van der Waals surface area (Å²) in [5, 5.41) is 10.3. The second-order valence-electron chi connectivity index (χ2n) is 9.58. The second kappa shape index (κ2) is 12.0. The first kappa shape index (κ1) is 27.4. The van der Waals surface area contributed by atoms with Gasteiger partial charge in [0.1, 0.15) is 0 Å². The number of thiophene rings is 1. The molecule has 1 atom stereocenters. The number of halogens is 1. The van der Waals surface area contributed by atoms with E-state index in [1.807, 2.05) is 72.1 Å². The molecule has 1 aliphatic rings. The minimum Gasteiger partial charge on any atom is -0.493 e. The fourth-order valence-electron chi connectivity index (χ4n) is 5.22. The first-order chi connectivity index (χ1) is 20.1. The van der Waals surface area contributed by atoms with Crippen molar-refractivity contribution in [3.05, 3.63) is 111 Å². The van der Waals surface area contributed by atoms with Crippen molar-refractivity contribution < 1.29 is 14.3 Å². The number of para-hydroxylation sites is 2. The smallest absolute Gasteiger partial charge is 0.253 e. The summed E-state index contributed by atoms with van der Waals surface area (Å²) >= 11 is 9.61. The molecule has 1 aliphatic heterocycles. The zero-order valence-corrected chi connectivity index (χ0v) is 25.0. The van der Waals surface area contributed by atoms with Crippen LogP contribution in [0.5, 0.6) is 11.5 Å². The number of hydrogen-bond acceptors (Lipinski definition) is 6. The van der Waals surface area contributed by atoms with E-state index < -0.39 is 0 Å². The molecule has 0 N–H and O–H groups in total. The first-order valence-corrected chi connectivity index (χ1v) is 15.4. The maximum absolute atomic E-state index is 13.9. The predicted octanol–water partition coefficient (Wildman–Crippen LogP) is 7.89. The van der Waals surface area contributed by atoms with E-state index in [1.54, 1.807) is 30.6 Å². The molecule has 6 rings (SSSR count). The minimum atomic E-state index is -0.299. The Morgan fingerprint density at radius 3 is 2.63 bits per heavy atom.